The Labute approximate surface area is 145 Å². The van der Waals surface area contributed by atoms with Gasteiger partial charge in [-0.2, -0.15) is 9.50 Å². The zero-order valence-corrected chi connectivity index (χ0v) is 13.5. The van der Waals surface area contributed by atoms with Gasteiger partial charge in [-0.1, -0.05) is 41.7 Å². The minimum Gasteiger partial charge on any atom is -0.267 e. The topological polar surface area (TPSA) is 90.4 Å². The van der Waals surface area contributed by atoms with E-state index in [9.17, 15) is 14.9 Å². The molecule has 0 N–H and O–H groups in total. The van der Waals surface area contributed by atoms with Gasteiger partial charge in [0.05, 0.1) is 4.92 Å². The van der Waals surface area contributed by atoms with E-state index in [2.05, 4.69) is 10.1 Å². The molecule has 0 saturated carbocycles. The fraction of sp³-hybridized carbons (Fsp3) is 0. The first-order valence-electron chi connectivity index (χ1n) is 7.33. The van der Waals surface area contributed by atoms with Crippen molar-refractivity contribution < 1.29 is 4.92 Å². The van der Waals surface area contributed by atoms with Crippen molar-refractivity contribution in [1.29, 1.82) is 0 Å². The molecule has 25 heavy (non-hydrogen) atoms. The van der Waals surface area contributed by atoms with Crippen molar-refractivity contribution in [3.8, 4) is 21.8 Å². The largest absolute Gasteiger partial charge is 0.275 e. The van der Waals surface area contributed by atoms with E-state index in [-0.39, 0.29) is 11.2 Å². The quantitative estimate of drug-likeness (QED) is 0.417. The molecule has 0 atom stereocenters. The molecule has 7 nitrogen and oxygen atoms in total. The van der Waals surface area contributed by atoms with Gasteiger partial charge in [-0.05, 0) is 17.7 Å². The molecular formula is C17H10N4O3S. The van der Waals surface area contributed by atoms with Gasteiger partial charge in [-0.25, -0.2) is 0 Å². The summed E-state index contributed by atoms with van der Waals surface area (Å²) in [5.74, 6) is 0.355. The Morgan fingerprint density at radius 2 is 1.72 bits per heavy atom. The third kappa shape index (κ3) is 2.79. The molecule has 0 aliphatic heterocycles. The molecule has 122 valence electrons. The number of aromatic nitrogens is 3. The van der Waals surface area contributed by atoms with Gasteiger partial charge in [0.15, 0.2) is 5.82 Å². The average Bonchev–Trinajstić information content (AvgIpc) is 3.07. The van der Waals surface area contributed by atoms with Gasteiger partial charge >= 0.3 is 0 Å². The lowest BCUT2D eigenvalue weighted by atomic mass is 10.2. The number of nitrogens with zero attached hydrogens (tertiary/aromatic N) is 4. The van der Waals surface area contributed by atoms with Crippen LogP contribution in [0.15, 0.2) is 65.5 Å². The van der Waals surface area contributed by atoms with Crippen LogP contribution in [0.1, 0.15) is 0 Å². The van der Waals surface area contributed by atoms with Crippen LogP contribution in [0.4, 0.5) is 5.69 Å². The van der Waals surface area contributed by atoms with Gasteiger partial charge in [0, 0.05) is 28.6 Å². The summed E-state index contributed by atoms with van der Waals surface area (Å²) in [6, 6.07) is 17.0. The first kappa shape index (κ1) is 15.2. The Balaban J connectivity index is 1.81. The summed E-state index contributed by atoms with van der Waals surface area (Å²) in [6.45, 7) is 0. The Kier molecular flexibility index (Phi) is 3.58. The van der Waals surface area contributed by atoms with Crippen molar-refractivity contribution in [3.05, 3.63) is 81.1 Å². The van der Waals surface area contributed by atoms with Gasteiger partial charge in [0.1, 0.15) is 0 Å². The van der Waals surface area contributed by atoms with Crippen molar-refractivity contribution in [1.82, 2.24) is 14.6 Å². The molecule has 0 fully saturated rings. The summed E-state index contributed by atoms with van der Waals surface area (Å²) in [5.41, 5.74) is 1.27. The van der Waals surface area contributed by atoms with Crippen LogP contribution in [0.25, 0.3) is 26.8 Å². The monoisotopic (exact) mass is 350 g/mol. The molecule has 0 aliphatic carbocycles. The summed E-state index contributed by atoms with van der Waals surface area (Å²) in [4.78, 5) is 28.3. The maximum absolute atomic E-state index is 12.3. The normalized spacial score (nSPS) is 10.9. The average molecular weight is 350 g/mol. The van der Waals surface area contributed by atoms with E-state index >= 15 is 0 Å². The van der Waals surface area contributed by atoms with Gasteiger partial charge in [-0.3, -0.25) is 14.9 Å². The second kappa shape index (κ2) is 5.91. The molecule has 2 heterocycles. The number of hydrogen-bond donors (Lipinski definition) is 0. The number of benzene rings is 2. The van der Waals surface area contributed by atoms with Crippen LogP contribution in [0.3, 0.4) is 0 Å². The summed E-state index contributed by atoms with van der Waals surface area (Å²) >= 11 is 1.36. The van der Waals surface area contributed by atoms with Gasteiger partial charge in [-0.15, -0.1) is 5.10 Å². The standard InChI is InChI=1S/C17H10N4O3S/c22-15-10-14(11-4-2-1-3-5-11)25-17-18-16(19-20(15)17)12-6-8-13(9-7-12)21(23)24/h1-10H. The number of non-ortho nitro benzene ring substituents is 1. The van der Waals surface area contributed by atoms with E-state index in [4.69, 9.17) is 0 Å². The molecule has 0 radical (unpaired) electrons. The van der Waals surface area contributed by atoms with E-state index in [0.717, 1.165) is 10.4 Å². The van der Waals surface area contributed by atoms with Crippen LogP contribution in [0.2, 0.25) is 0 Å². The summed E-state index contributed by atoms with van der Waals surface area (Å²) in [7, 11) is 0. The number of rotatable bonds is 3. The second-order valence-corrected chi connectivity index (χ2v) is 6.26. The highest BCUT2D eigenvalue weighted by atomic mass is 32.1. The Hall–Kier alpha value is -3.39. The van der Waals surface area contributed by atoms with Crippen molar-refractivity contribution in [2.45, 2.75) is 0 Å². The second-order valence-electron chi connectivity index (χ2n) is 5.25. The van der Waals surface area contributed by atoms with Crippen LogP contribution < -0.4 is 5.56 Å². The molecular weight excluding hydrogens is 340 g/mol. The molecule has 2 aromatic heterocycles. The third-order valence-electron chi connectivity index (χ3n) is 3.64. The van der Waals surface area contributed by atoms with E-state index in [1.54, 1.807) is 12.1 Å². The van der Waals surface area contributed by atoms with Crippen LogP contribution in [0, 0.1) is 10.1 Å². The smallest absolute Gasteiger partial charge is 0.267 e. The molecule has 4 rings (SSSR count). The predicted octanol–water partition coefficient (Wildman–Crippen LogP) is 3.39. The van der Waals surface area contributed by atoms with Gasteiger partial charge in [0.2, 0.25) is 4.96 Å². The van der Waals surface area contributed by atoms with Crippen molar-refractivity contribution in [2.24, 2.45) is 0 Å². The Morgan fingerprint density at radius 3 is 2.40 bits per heavy atom. The molecule has 8 heteroatoms. The summed E-state index contributed by atoms with van der Waals surface area (Å²) in [5, 5.41) is 15.0. The lowest BCUT2D eigenvalue weighted by Crippen LogP contribution is -2.11. The number of fused-ring (bicyclic) bond motifs is 1. The van der Waals surface area contributed by atoms with Crippen molar-refractivity contribution in [2.75, 3.05) is 0 Å². The Bertz CT molecular complexity index is 1130. The van der Waals surface area contributed by atoms with Crippen LogP contribution in [-0.2, 0) is 0 Å². The lowest BCUT2D eigenvalue weighted by molar-refractivity contribution is -0.384. The summed E-state index contributed by atoms with van der Waals surface area (Å²) < 4.78 is 1.24. The van der Waals surface area contributed by atoms with Crippen LogP contribution >= 0.6 is 11.3 Å². The number of hydrogen-bond acceptors (Lipinski definition) is 6. The number of nitro groups is 1. The molecule has 0 spiro atoms. The highest BCUT2D eigenvalue weighted by Gasteiger charge is 2.13. The highest BCUT2D eigenvalue weighted by molar-refractivity contribution is 7.19. The van der Waals surface area contributed by atoms with Crippen LogP contribution in [0.5, 0.6) is 0 Å². The minimum atomic E-state index is -0.467. The van der Waals surface area contributed by atoms with Crippen molar-refractivity contribution >= 4 is 22.0 Å². The SMILES string of the molecule is O=c1cc(-c2ccccc2)sc2nc(-c3ccc([N+](=O)[O-])cc3)nn12. The maximum Gasteiger partial charge on any atom is 0.275 e. The third-order valence-corrected chi connectivity index (χ3v) is 4.66. The molecule has 0 unspecified atom stereocenters. The molecule has 2 aromatic carbocycles. The first-order valence-corrected chi connectivity index (χ1v) is 8.15. The van der Waals surface area contributed by atoms with E-state index < -0.39 is 4.92 Å². The summed E-state index contributed by atoms with van der Waals surface area (Å²) in [6.07, 6.45) is 0. The zero-order valence-electron chi connectivity index (χ0n) is 12.7. The van der Waals surface area contributed by atoms with E-state index in [1.807, 2.05) is 30.3 Å². The predicted molar refractivity (Wildman–Crippen MR) is 94.7 cm³/mol. The Morgan fingerprint density at radius 1 is 1.00 bits per heavy atom. The minimum absolute atomic E-state index is 0.00814. The maximum atomic E-state index is 12.3. The van der Waals surface area contributed by atoms with Gasteiger partial charge in [0.25, 0.3) is 11.2 Å². The molecule has 4 aromatic rings. The molecule has 0 aliphatic rings. The number of nitro benzene ring substituents is 1. The molecule has 0 bridgehead atoms. The van der Waals surface area contributed by atoms with E-state index in [0.29, 0.717) is 16.3 Å². The highest BCUT2D eigenvalue weighted by Crippen LogP contribution is 2.26. The van der Waals surface area contributed by atoms with Gasteiger partial charge < -0.3 is 0 Å². The lowest BCUT2D eigenvalue weighted by Gasteiger charge is -1.99. The van der Waals surface area contributed by atoms with E-state index in [1.165, 1.54) is 34.1 Å². The van der Waals surface area contributed by atoms with Crippen molar-refractivity contribution in [3.63, 3.8) is 0 Å². The zero-order chi connectivity index (χ0) is 17.4. The molecule has 0 saturated heterocycles. The molecule has 0 amide bonds. The first-order chi connectivity index (χ1) is 12.1. The van der Waals surface area contributed by atoms with Crippen LogP contribution in [-0.4, -0.2) is 19.5 Å². The fourth-order valence-electron chi connectivity index (χ4n) is 2.41. The fourth-order valence-corrected chi connectivity index (χ4v) is 3.37.